The third-order valence-corrected chi connectivity index (χ3v) is 2.59. The Labute approximate surface area is 112 Å². The molecule has 0 fully saturated rings. The van der Waals surface area contributed by atoms with Crippen LogP contribution in [0.25, 0.3) is 0 Å². The van der Waals surface area contributed by atoms with Gasteiger partial charge in [0.25, 0.3) is 5.69 Å². The number of hydrogen-bond donors (Lipinski definition) is 3. The van der Waals surface area contributed by atoms with E-state index in [1.165, 1.54) is 0 Å². The maximum atomic E-state index is 13.8. The minimum Gasteiger partial charge on any atom is -0.465 e. The maximum absolute atomic E-state index is 13.8. The highest BCUT2D eigenvalue weighted by molar-refractivity contribution is 5.94. The fourth-order valence-corrected chi connectivity index (χ4v) is 1.54. The van der Waals surface area contributed by atoms with Crippen LogP contribution >= 0.6 is 0 Å². The lowest BCUT2D eigenvalue weighted by Gasteiger charge is -2.16. The molecule has 9 heteroatoms. The van der Waals surface area contributed by atoms with Crippen molar-refractivity contribution in [3.05, 3.63) is 39.2 Å². The smallest absolute Gasteiger partial charge is 0.344 e. The topological polar surface area (TPSA) is 130 Å². The quantitative estimate of drug-likeness (QED) is 0.392. The molecule has 20 heavy (non-hydrogen) atoms. The summed E-state index contributed by atoms with van der Waals surface area (Å²) in [7, 11) is 0.974. The van der Waals surface area contributed by atoms with Crippen LogP contribution in [-0.4, -0.2) is 46.0 Å². The van der Waals surface area contributed by atoms with E-state index in [-0.39, 0.29) is 0 Å². The van der Waals surface area contributed by atoms with Gasteiger partial charge in [-0.3, -0.25) is 10.1 Å². The Morgan fingerprint density at radius 2 is 2.10 bits per heavy atom. The Hall–Kier alpha value is -2.10. The molecule has 110 valence electrons. The minimum absolute atomic E-state index is 0.534. The second kappa shape index (κ2) is 6.37. The summed E-state index contributed by atoms with van der Waals surface area (Å²) in [4.78, 5) is 21.2. The monoisotopic (exact) mass is 289 g/mol. The van der Waals surface area contributed by atoms with Gasteiger partial charge in [0.15, 0.2) is 0 Å². The van der Waals surface area contributed by atoms with Gasteiger partial charge in [0.05, 0.1) is 18.6 Å². The average Bonchev–Trinajstić information content (AvgIpc) is 2.44. The number of aliphatic hydroxyl groups is 3. The zero-order chi connectivity index (χ0) is 15.4. The van der Waals surface area contributed by atoms with Crippen LogP contribution in [0.1, 0.15) is 22.0 Å². The standard InChI is InChI=1S/C11H12FNO7/c1-20-11(17)6-2-7(12)5(3-8(6)13(18)19)10(16)9(15)4-14/h2-3,9-10,14-16H,4H2,1H3. The summed E-state index contributed by atoms with van der Waals surface area (Å²) in [5.41, 5.74) is -2.01. The lowest BCUT2D eigenvalue weighted by molar-refractivity contribution is -0.385. The third kappa shape index (κ3) is 3.07. The van der Waals surface area contributed by atoms with Crippen LogP contribution in [0.5, 0.6) is 0 Å². The lowest BCUT2D eigenvalue weighted by atomic mass is 10.0. The zero-order valence-electron chi connectivity index (χ0n) is 10.3. The molecule has 0 radical (unpaired) electrons. The summed E-state index contributed by atoms with van der Waals surface area (Å²) >= 11 is 0. The number of esters is 1. The first-order valence-electron chi connectivity index (χ1n) is 5.36. The van der Waals surface area contributed by atoms with Crippen molar-refractivity contribution in [2.24, 2.45) is 0 Å². The van der Waals surface area contributed by atoms with Crippen molar-refractivity contribution in [1.82, 2.24) is 0 Å². The molecule has 0 aromatic heterocycles. The van der Waals surface area contributed by atoms with E-state index < -0.39 is 52.3 Å². The molecule has 1 rings (SSSR count). The summed E-state index contributed by atoms with van der Waals surface area (Å²) in [6.45, 7) is -0.868. The summed E-state index contributed by atoms with van der Waals surface area (Å²) in [5.74, 6) is -2.25. The van der Waals surface area contributed by atoms with Crippen molar-refractivity contribution in [3.8, 4) is 0 Å². The average molecular weight is 289 g/mol. The van der Waals surface area contributed by atoms with Gasteiger partial charge in [0.1, 0.15) is 23.6 Å². The number of hydrogen-bond acceptors (Lipinski definition) is 7. The number of rotatable bonds is 5. The van der Waals surface area contributed by atoms with E-state index in [1.54, 1.807) is 0 Å². The lowest BCUT2D eigenvalue weighted by Crippen LogP contribution is -2.23. The Morgan fingerprint density at radius 3 is 2.55 bits per heavy atom. The number of nitro groups is 1. The second-order valence-corrected chi connectivity index (χ2v) is 3.83. The number of nitrogens with zero attached hydrogens (tertiary/aromatic N) is 1. The van der Waals surface area contributed by atoms with E-state index in [4.69, 9.17) is 5.11 Å². The summed E-state index contributed by atoms with van der Waals surface area (Å²) < 4.78 is 18.0. The van der Waals surface area contributed by atoms with Crippen LogP contribution in [0.4, 0.5) is 10.1 Å². The molecular weight excluding hydrogens is 277 g/mol. The summed E-state index contributed by atoms with van der Waals surface area (Å²) in [6, 6.07) is 1.15. The van der Waals surface area contributed by atoms with E-state index in [0.29, 0.717) is 12.1 Å². The first kappa shape index (κ1) is 16.0. The van der Waals surface area contributed by atoms with Gasteiger partial charge in [0, 0.05) is 11.6 Å². The molecular formula is C11H12FNO7. The van der Waals surface area contributed by atoms with Gasteiger partial charge in [-0.15, -0.1) is 0 Å². The number of carbonyl (C=O) groups excluding carboxylic acids is 1. The molecule has 0 amide bonds. The molecule has 2 unspecified atom stereocenters. The molecule has 1 aromatic carbocycles. The van der Waals surface area contributed by atoms with Gasteiger partial charge >= 0.3 is 5.97 Å². The molecule has 0 bridgehead atoms. The van der Waals surface area contributed by atoms with Gasteiger partial charge < -0.3 is 20.1 Å². The fourth-order valence-electron chi connectivity index (χ4n) is 1.54. The number of methoxy groups -OCH3 is 1. The van der Waals surface area contributed by atoms with Crippen LogP contribution < -0.4 is 0 Å². The molecule has 3 N–H and O–H groups in total. The highest BCUT2D eigenvalue weighted by Gasteiger charge is 2.29. The second-order valence-electron chi connectivity index (χ2n) is 3.83. The van der Waals surface area contributed by atoms with Crippen molar-refractivity contribution >= 4 is 11.7 Å². The van der Waals surface area contributed by atoms with Crippen molar-refractivity contribution in [1.29, 1.82) is 0 Å². The van der Waals surface area contributed by atoms with Gasteiger partial charge in [-0.2, -0.15) is 0 Å². The van der Waals surface area contributed by atoms with Crippen molar-refractivity contribution in [3.63, 3.8) is 0 Å². The molecule has 0 heterocycles. The van der Waals surface area contributed by atoms with E-state index in [2.05, 4.69) is 4.74 Å². The van der Waals surface area contributed by atoms with Crippen LogP contribution in [0.2, 0.25) is 0 Å². The molecule has 2 atom stereocenters. The van der Waals surface area contributed by atoms with Gasteiger partial charge in [-0.25, -0.2) is 9.18 Å². The van der Waals surface area contributed by atoms with Gasteiger partial charge in [0.2, 0.25) is 0 Å². The Balaban J connectivity index is 3.41. The van der Waals surface area contributed by atoms with E-state index >= 15 is 0 Å². The fraction of sp³-hybridized carbons (Fsp3) is 0.364. The van der Waals surface area contributed by atoms with Crippen LogP contribution in [0, 0.1) is 15.9 Å². The van der Waals surface area contributed by atoms with Crippen molar-refractivity contribution in [2.75, 3.05) is 13.7 Å². The predicted molar refractivity (Wildman–Crippen MR) is 62.4 cm³/mol. The summed E-state index contributed by atoms with van der Waals surface area (Å²) in [6.07, 6.45) is -3.58. The molecule has 0 spiro atoms. The first-order valence-corrected chi connectivity index (χ1v) is 5.36. The largest absolute Gasteiger partial charge is 0.465 e. The predicted octanol–water partition coefficient (Wildman–Crippen LogP) is -0.0929. The van der Waals surface area contributed by atoms with Gasteiger partial charge in [-0.1, -0.05) is 0 Å². The number of benzene rings is 1. The highest BCUT2D eigenvalue weighted by Crippen LogP contribution is 2.28. The molecule has 1 aromatic rings. The Kier molecular flexibility index (Phi) is 5.08. The Morgan fingerprint density at radius 1 is 1.50 bits per heavy atom. The molecule has 0 aliphatic rings. The number of nitro benzene ring substituents is 1. The van der Waals surface area contributed by atoms with Crippen molar-refractivity contribution < 1.29 is 34.2 Å². The SMILES string of the molecule is COC(=O)c1cc(F)c(C(O)C(O)CO)cc1[N+](=O)[O-]. The first-order chi connectivity index (χ1) is 9.33. The number of ether oxygens (including phenoxy) is 1. The molecule has 0 saturated heterocycles. The highest BCUT2D eigenvalue weighted by atomic mass is 19.1. The van der Waals surface area contributed by atoms with Crippen LogP contribution in [-0.2, 0) is 4.74 Å². The van der Waals surface area contributed by atoms with Crippen LogP contribution in [0.15, 0.2) is 12.1 Å². The normalized spacial score (nSPS) is 13.7. The van der Waals surface area contributed by atoms with E-state index in [0.717, 1.165) is 7.11 Å². The Bertz CT molecular complexity index is 534. The maximum Gasteiger partial charge on any atom is 0.344 e. The van der Waals surface area contributed by atoms with E-state index in [1.807, 2.05) is 0 Å². The molecule has 0 aliphatic carbocycles. The van der Waals surface area contributed by atoms with Gasteiger partial charge in [-0.05, 0) is 6.07 Å². The minimum atomic E-state index is -1.87. The van der Waals surface area contributed by atoms with Crippen molar-refractivity contribution in [2.45, 2.75) is 12.2 Å². The molecule has 8 nitrogen and oxygen atoms in total. The van der Waals surface area contributed by atoms with Crippen LogP contribution in [0.3, 0.4) is 0 Å². The molecule has 0 aliphatic heterocycles. The summed E-state index contributed by atoms with van der Waals surface area (Å²) in [5, 5.41) is 38.3. The third-order valence-electron chi connectivity index (χ3n) is 2.59. The zero-order valence-corrected chi connectivity index (χ0v) is 10.3. The number of carbonyl (C=O) groups is 1. The van der Waals surface area contributed by atoms with E-state index in [9.17, 15) is 29.5 Å². The number of aliphatic hydroxyl groups excluding tert-OH is 3. The number of halogens is 1. The molecule has 0 saturated carbocycles.